The van der Waals surface area contributed by atoms with E-state index in [1.54, 1.807) is 0 Å². The Kier molecular flexibility index (Phi) is 4.45. The van der Waals surface area contributed by atoms with Gasteiger partial charge in [-0.1, -0.05) is 12.1 Å². The van der Waals surface area contributed by atoms with Crippen LogP contribution in [0.2, 0.25) is 0 Å². The summed E-state index contributed by atoms with van der Waals surface area (Å²) in [6.07, 6.45) is 0. The van der Waals surface area contributed by atoms with E-state index in [4.69, 9.17) is 4.74 Å². The number of nitrogens with zero attached hydrogens (tertiary/aromatic N) is 2. The molecule has 0 aliphatic rings. The van der Waals surface area contributed by atoms with E-state index in [1.807, 2.05) is 35.9 Å². The van der Waals surface area contributed by atoms with Crippen molar-refractivity contribution in [2.24, 2.45) is 0 Å². The molecule has 18 heavy (non-hydrogen) atoms. The van der Waals surface area contributed by atoms with E-state index in [2.05, 4.69) is 43.9 Å². The van der Waals surface area contributed by atoms with E-state index in [0.717, 1.165) is 32.6 Å². The Morgan fingerprint density at radius 1 is 1.28 bits per heavy atom. The summed E-state index contributed by atoms with van der Waals surface area (Å²) in [5.41, 5.74) is 2.05. The number of benzene rings is 1. The van der Waals surface area contributed by atoms with Gasteiger partial charge in [0.05, 0.1) is 20.3 Å². The average molecular weight is 374 g/mol. The van der Waals surface area contributed by atoms with Gasteiger partial charge in [0.1, 0.15) is 12.4 Å². The van der Waals surface area contributed by atoms with E-state index in [1.165, 1.54) is 0 Å². The summed E-state index contributed by atoms with van der Waals surface area (Å²) in [5, 5.41) is 4.44. The van der Waals surface area contributed by atoms with Gasteiger partial charge in [-0.15, -0.1) is 0 Å². The van der Waals surface area contributed by atoms with Crippen molar-refractivity contribution in [2.45, 2.75) is 27.0 Å². The Morgan fingerprint density at radius 2 is 2.00 bits per heavy atom. The summed E-state index contributed by atoms with van der Waals surface area (Å²) in [5.74, 6) is 0.839. The number of rotatable bonds is 4. The first-order chi connectivity index (χ1) is 8.63. The summed E-state index contributed by atoms with van der Waals surface area (Å²) >= 11 is 7.03. The lowest BCUT2D eigenvalue weighted by Gasteiger charge is -2.09. The van der Waals surface area contributed by atoms with Crippen LogP contribution in [-0.2, 0) is 13.2 Å². The zero-order valence-electron chi connectivity index (χ0n) is 10.3. The van der Waals surface area contributed by atoms with E-state index >= 15 is 0 Å². The Labute approximate surface area is 123 Å². The first-order valence-electron chi connectivity index (χ1n) is 5.72. The van der Waals surface area contributed by atoms with Crippen molar-refractivity contribution in [3.05, 3.63) is 44.6 Å². The van der Waals surface area contributed by atoms with Gasteiger partial charge >= 0.3 is 0 Å². The lowest BCUT2D eigenvalue weighted by atomic mass is 10.3. The van der Waals surface area contributed by atoms with Gasteiger partial charge in [0.2, 0.25) is 0 Å². The molecule has 1 heterocycles. The SMILES string of the molecule is CCn1nc(C)c(Br)c1COc1ccccc1Br. The van der Waals surface area contributed by atoms with Crippen LogP contribution < -0.4 is 4.74 Å². The molecule has 0 fully saturated rings. The highest BCUT2D eigenvalue weighted by Crippen LogP contribution is 2.27. The normalized spacial score (nSPS) is 10.7. The highest BCUT2D eigenvalue weighted by atomic mass is 79.9. The minimum Gasteiger partial charge on any atom is -0.486 e. The smallest absolute Gasteiger partial charge is 0.134 e. The topological polar surface area (TPSA) is 27.1 Å². The molecular weight excluding hydrogens is 360 g/mol. The molecule has 2 aromatic rings. The molecule has 1 aromatic heterocycles. The minimum absolute atomic E-state index is 0.498. The van der Waals surface area contributed by atoms with Crippen molar-refractivity contribution in [3.8, 4) is 5.75 Å². The number of aryl methyl sites for hydroxylation is 2. The van der Waals surface area contributed by atoms with Crippen LogP contribution in [0, 0.1) is 6.92 Å². The number of aromatic nitrogens is 2. The highest BCUT2D eigenvalue weighted by Gasteiger charge is 2.13. The van der Waals surface area contributed by atoms with Crippen LogP contribution in [-0.4, -0.2) is 9.78 Å². The van der Waals surface area contributed by atoms with Gasteiger partial charge in [-0.3, -0.25) is 4.68 Å². The van der Waals surface area contributed by atoms with Gasteiger partial charge < -0.3 is 4.74 Å². The van der Waals surface area contributed by atoms with Crippen LogP contribution in [0.3, 0.4) is 0 Å². The lowest BCUT2D eigenvalue weighted by molar-refractivity contribution is 0.290. The number of para-hydroxylation sites is 1. The van der Waals surface area contributed by atoms with Crippen LogP contribution in [0.15, 0.2) is 33.2 Å². The summed E-state index contributed by atoms with van der Waals surface area (Å²) in [7, 11) is 0. The number of ether oxygens (including phenoxy) is 1. The third kappa shape index (κ3) is 2.78. The quantitative estimate of drug-likeness (QED) is 0.798. The first-order valence-corrected chi connectivity index (χ1v) is 7.31. The van der Waals surface area contributed by atoms with Crippen molar-refractivity contribution < 1.29 is 4.74 Å². The molecule has 3 nitrogen and oxygen atoms in total. The second kappa shape index (κ2) is 5.89. The summed E-state index contributed by atoms with van der Waals surface area (Å²) in [6.45, 7) is 5.39. The van der Waals surface area contributed by atoms with Gasteiger partial charge in [-0.2, -0.15) is 5.10 Å². The maximum atomic E-state index is 5.82. The van der Waals surface area contributed by atoms with Crippen molar-refractivity contribution in [1.82, 2.24) is 9.78 Å². The molecule has 0 amide bonds. The Morgan fingerprint density at radius 3 is 2.67 bits per heavy atom. The fourth-order valence-corrected chi connectivity index (χ4v) is 2.51. The summed E-state index contributed by atoms with van der Waals surface area (Å²) < 4.78 is 9.76. The zero-order chi connectivity index (χ0) is 13.1. The molecule has 5 heteroatoms. The van der Waals surface area contributed by atoms with Gasteiger partial charge in [0.25, 0.3) is 0 Å². The van der Waals surface area contributed by atoms with Crippen LogP contribution >= 0.6 is 31.9 Å². The second-order valence-corrected chi connectivity index (χ2v) is 5.53. The maximum absolute atomic E-state index is 5.82. The fraction of sp³-hybridized carbons (Fsp3) is 0.308. The largest absolute Gasteiger partial charge is 0.486 e. The molecule has 0 radical (unpaired) electrons. The zero-order valence-corrected chi connectivity index (χ0v) is 13.5. The molecule has 0 saturated heterocycles. The van der Waals surface area contributed by atoms with E-state index in [0.29, 0.717) is 6.61 Å². The molecule has 1 aromatic carbocycles. The molecule has 0 saturated carbocycles. The fourth-order valence-electron chi connectivity index (χ4n) is 1.71. The maximum Gasteiger partial charge on any atom is 0.134 e. The van der Waals surface area contributed by atoms with Crippen LogP contribution in [0.5, 0.6) is 5.75 Å². The van der Waals surface area contributed by atoms with E-state index < -0.39 is 0 Å². The van der Waals surface area contributed by atoms with Gasteiger partial charge in [-0.05, 0) is 57.8 Å². The molecule has 0 spiro atoms. The molecule has 0 aliphatic heterocycles. The summed E-state index contributed by atoms with van der Waals surface area (Å²) in [4.78, 5) is 0. The lowest BCUT2D eigenvalue weighted by Crippen LogP contribution is -2.06. The Hall–Kier alpha value is -0.810. The molecular formula is C13H14Br2N2O. The Balaban J connectivity index is 2.18. The predicted octanol–water partition coefficient (Wildman–Crippen LogP) is 4.32. The molecule has 2 rings (SSSR count). The monoisotopic (exact) mass is 372 g/mol. The second-order valence-electron chi connectivity index (χ2n) is 3.88. The van der Waals surface area contributed by atoms with Crippen LogP contribution in [0.1, 0.15) is 18.3 Å². The number of hydrogen-bond donors (Lipinski definition) is 0. The third-order valence-corrected chi connectivity index (χ3v) is 4.34. The van der Waals surface area contributed by atoms with Crippen molar-refractivity contribution in [2.75, 3.05) is 0 Å². The van der Waals surface area contributed by atoms with Gasteiger partial charge in [0, 0.05) is 6.54 Å². The molecule has 0 unspecified atom stereocenters. The van der Waals surface area contributed by atoms with E-state index in [9.17, 15) is 0 Å². The molecule has 0 atom stereocenters. The predicted molar refractivity (Wildman–Crippen MR) is 78.8 cm³/mol. The van der Waals surface area contributed by atoms with Crippen LogP contribution in [0.4, 0.5) is 0 Å². The molecule has 0 bridgehead atoms. The highest BCUT2D eigenvalue weighted by molar-refractivity contribution is 9.10. The average Bonchev–Trinajstić information content (AvgIpc) is 2.65. The molecule has 96 valence electrons. The van der Waals surface area contributed by atoms with Gasteiger partial charge in [-0.25, -0.2) is 0 Å². The van der Waals surface area contributed by atoms with Crippen molar-refractivity contribution >= 4 is 31.9 Å². The number of halogens is 2. The van der Waals surface area contributed by atoms with Gasteiger partial charge in [0.15, 0.2) is 0 Å². The standard InChI is InChI=1S/C13H14Br2N2O/c1-3-17-11(13(15)9(2)16-17)8-18-12-7-5-4-6-10(12)14/h4-7H,3,8H2,1-2H3. The Bertz CT molecular complexity index is 552. The van der Waals surface area contributed by atoms with E-state index in [-0.39, 0.29) is 0 Å². The summed E-state index contributed by atoms with van der Waals surface area (Å²) in [6, 6.07) is 7.83. The van der Waals surface area contributed by atoms with Crippen molar-refractivity contribution in [3.63, 3.8) is 0 Å². The first kappa shape index (κ1) is 13.6. The molecule has 0 N–H and O–H groups in total. The van der Waals surface area contributed by atoms with Crippen molar-refractivity contribution in [1.29, 1.82) is 0 Å². The minimum atomic E-state index is 0.498. The van der Waals surface area contributed by atoms with Crippen LogP contribution in [0.25, 0.3) is 0 Å². The molecule has 0 aliphatic carbocycles. The number of hydrogen-bond acceptors (Lipinski definition) is 2. The third-order valence-electron chi connectivity index (χ3n) is 2.65.